The lowest BCUT2D eigenvalue weighted by Gasteiger charge is -2.23. The number of aliphatic hydroxyl groups excluding tert-OH is 1. The van der Waals surface area contributed by atoms with E-state index in [4.69, 9.17) is 0 Å². The van der Waals surface area contributed by atoms with Gasteiger partial charge in [-0.1, -0.05) is 0 Å². The molecule has 3 rings (SSSR count). The van der Waals surface area contributed by atoms with Crippen molar-refractivity contribution in [2.24, 2.45) is 0 Å². The van der Waals surface area contributed by atoms with Crippen LogP contribution in [-0.2, 0) is 10.0 Å². The first-order chi connectivity index (χ1) is 11.5. The highest BCUT2D eigenvalue weighted by atomic mass is 35.5. The summed E-state index contributed by atoms with van der Waals surface area (Å²) < 4.78 is 26.2. The summed E-state index contributed by atoms with van der Waals surface area (Å²) in [7, 11) is -3.61. The van der Waals surface area contributed by atoms with Gasteiger partial charge in [-0.25, -0.2) is 8.42 Å². The number of hydrogen-bond acceptors (Lipinski definition) is 5. The predicted molar refractivity (Wildman–Crippen MR) is 96.4 cm³/mol. The number of β-amino-alcohol motifs (C(OH)–C–C–N with tert-alkyl or cyclic N) is 1. The molecule has 140 valence electrons. The van der Waals surface area contributed by atoms with Gasteiger partial charge in [0.25, 0.3) is 5.91 Å². The smallest absolute Gasteiger partial charge is 0.251 e. The van der Waals surface area contributed by atoms with E-state index in [0.717, 1.165) is 25.9 Å². The van der Waals surface area contributed by atoms with Gasteiger partial charge in [0.2, 0.25) is 10.0 Å². The van der Waals surface area contributed by atoms with Gasteiger partial charge < -0.3 is 15.7 Å². The number of piperidine rings is 1. The average Bonchev–Trinajstić information content (AvgIpc) is 3.03. The Hall–Kier alpha value is -1.19. The molecule has 1 aromatic rings. The SMILES string of the molecule is Cl.O=C(N[C@H]1CCCNC1)c1ccc(S(=O)(=O)N2CC[C@@H](O)C2)cc1. The van der Waals surface area contributed by atoms with Crippen molar-refractivity contribution in [3.8, 4) is 0 Å². The Kier molecular flexibility index (Phi) is 6.81. The molecule has 0 spiro atoms. The van der Waals surface area contributed by atoms with Crippen LogP contribution in [0.15, 0.2) is 29.2 Å². The number of benzene rings is 1. The van der Waals surface area contributed by atoms with Crippen LogP contribution in [0.25, 0.3) is 0 Å². The van der Waals surface area contributed by atoms with Crippen LogP contribution >= 0.6 is 12.4 Å². The Balaban J connectivity index is 0.00000225. The van der Waals surface area contributed by atoms with E-state index in [0.29, 0.717) is 18.5 Å². The molecule has 1 amide bonds. The van der Waals surface area contributed by atoms with E-state index < -0.39 is 16.1 Å². The lowest BCUT2D eigenvalue weighted by Crippen LogP contribution is -2.45. The zero-order chi connectivity index (χ0) is 17.2. The van der Waals surface area contributed by atoms with E-state index in [1.165, 1.54) is 28.6 Å². The third-order valence-corrected chi connectivity index (χ3v) is 6.39. The number of aliphatic hydroxyl groups is 1. The van der Waals surface area contributed by atoms with Crippen molar-refractivity contribution in [3.63, 3.8) is 0 Å². The normalized spacial score (nSPS) is 24.5. The maximum Gasteiger partial charge on any atom is 0.251 e. The Bertz CT molecular complexity index is 690. The number of nitrogens with zero attached hydrogens (tertiary/aromatic N) is 1. The van der Waals surface area contributed by atoms with Gasteiger partial charge in [0, 0.05) is 31.2 Å². The summed E-state index contributed by atoms with van der Waals surface area (Å²) in [6, 6.07) is 6.08. The zero-order valence-corrected chi connectivity index (χ0v) is 15.5. The molecule has 7 nitrogen and oxygen atoms in total. The van der Waals surface area contributed by atoms with E-state index in [-0.39, 0.29) is 35.8 Å². The van der Waals surface area contributed by atoms with Gasteiger partial charge in [0.05, 0.1) is 11.0 Å². The number of nitrogens with one attached hydrogen (secondary N) is 2. The van der Waals surface area contributed by atoms with Crippen molar-refractivity contribution < 1.29 is 18.3 Å². The zero-order valence-electron chi connectivity index (χ0n) is 13.8. The summed E-state index contributed by atoms with van der Waals surface area (Å²) in [6.45, 7) is 2.18. The van der Waals surface area contributed by atoms with Gasteiger partial charge >= 0.3 is 0 Å². The summed E-state index contributed by atoms with van der Waals surface area (Å²) in [4.78, 5) is 12.4. The van der Waals surface area contributed by atoms with Crippen molar-refractivity contribution in [1.82, 2.24) is 14.9 Å². The van der Waals surface area contributed by atoms with Crippen molar-refractivity contribution in [1.29, 1.82) is 0 Å². The number of carbonyl (C=O) groups is 1. The van der Waals surface area contributed by atoms with Crippen LogP contribution in [0.4, 0.5) is 0 Å². The van der Waals surface area contributed by atoms with Gasteiger partial charge in [0.15, 0.2) is 0 Å². The minimum absolute atomic E-state index is 0. The Labute approximate surface area is 154 Å². The van der Waals surface area contributed by atoms with Crippen LogP contribution < -0.4 is 10.6 Å². The van der Waals surface area contributed by atoms with Gasteiger partial charge in [-0.3, -0.25) is 4.79 Å². The van der Waals surface area contributed by atoms with E-state index >= 15 is 0 Å². The summed E-state index contributed by atoms with van der Waals surface area (Å²) in [5.41, 5.74) is 0.445. The van der Waals surface area contributed by atoms with Gasteiger partial charge in [-0.15, -0.1) is 12.4 Å². The number of halogens is 1. The molecule has 9 heteroatoms. The molecule has 2 aliphatic heterocycles. The molecule has 0 saturated carbocycles. The highest BCUT2D eigenvalue weighted by molar-refractivity contribution is 7.89. The molecule has 3 N–H and O–H groups in total. The van der Waals surface area contributed by atoms with Gasteiger partial charge in [-0.2, -0.15) is 4.31 Å². The molecule has 0 radical (unpaired) electrons. The molecule has 2 saturated heterocycles. The quantitative estimate of drug-likeness (QED) is 0.690. The second kappa shape index (κ2) is 8.46. The molecule has 2 fully saturated rings. The maximum atomic E-state index is 12.5. The minimum Gasteiger partial charge on any atom is -0.392 e. The predicted octanol–water partition coefficient (Wildman–Crippen LogP) is 0.346. The van der Waals surface area contributed by atoms with Crippen LogP contribution in [0.2, 0.25) is 0 Å². The number of amides is 1. The Morgan fingerprint density at radius 3 is 2.52 bits per heavy atom. The second-order valence-electron chi connectivity index (χ2n) is 6.35. The summed E-state index contributed by atoms with van der Waals surface area (Å²) in [6.07, 6.45) is 1.83. The van der Waals surface area contributed by atoms with Crippen LogP contribution in [0.1, 0.15) is 29.6 Å². The highest BCUT2D eigenvalue weighted by Crippen LogP contribution is 2.21. The standard InChI is InChI=1S/C16H23N3O4S.ClH/c20-14-7-9-19(11-14)24(22,23)15-5-3-12(4-6-15)16(21)18-13-2-1-8-17-10-13;/h3-6,13-14,17,20H,1-2,7-11H2,(H,18,21);1H/t13-,14+;/m0./s1. The van der Waals surface area contributed by atoms with E-state index in [1.54, 1.807) is 0 Å². The van der Waals surface area contributed by atoms with Crippen molar-refractivity contribution in [2.75, 3.05) is 26.2 Å². The molecule has 25 heavy (non-hydrogen) atoms. The molecular weight excluding hydrogens is 366 g/mol. The molecule has 0 bridgehead atoms. The third-order valence-electron chi connectivity index (χ3n) is 4.51. The van der Waals surface area contributed by atoms with Gasteiger partial charge in [0.1, 0.15) is 0 Å². The van der Waals surface area contributed by atoms with Crippen molar-refractivity contribution in [2.45, 2.75) is 36.3 Å². The number of carbonyl (C=O) groups excluding carboxylic acids is 1. The van der Waals surface area contributed by atoms with Crippen LogP contribution in [-0.4, -0.2) is 62.1 Å². The highest BCUT2D eigenvalue weighted by Gasteiger charge is 2.31. The summed E-state index contributed by atoms with van der Waals surface area (Å²) in [5.74, 6) is -0.191. The first kappa shape index (κ1) is 20.1. The monoisotopic (exact) mass is 389 g/mol. The first-order valence-electron chi connectivity index (χ1n) is 8.26. The molecule has 0 unspecified atom stereocenters. The molecule has 2 heterocycles. The largest absolute Gasteiger partial charge is 0.392 e. The van der Waals surface area contributed by atoms with Crippen molar-refractivity contribution in [3.05, 3.63) is 29.8 Å². The maximum absolute atomic E-state index is 12.5. The summed E-state index contributed by atoms with van der Waals surface area (Å²) >= 11 is 0. The number of sulfonamides is 1. The van der Waals surface area contributed by atoms with Crippen LogP contribution in [0.3, 0.4) is 0 Å². The fourth-order valence-electron chi connectivity index (χ4n) is 3.10. The number of rotatable bonds is 4. The third kappa shape index (κ3) is 4.71. The molecule has 0 aliphatic carbocycles. The van der Waals surface area contributed by atoms with Crippen LogP contribution in [0.5, 0.6) is 0 Å². The lowest BCUT2D eigenvalue weighted by atomic mass is 10.1. The number of hydrogen-bond donors (Lipinski definition) is 3. The van der Waals surface area contributed by atoms with Gasteiger partial charge in [-0.05, 0) is 50.1 Å². The molecule has 2 atom stereocenters. The second-order valence-corrected chi connectivity index (χ2v) is 8.28. The van der Waals surface area contributed by atoms with E-state index in [9.17, 15) is 18.3 Å². The molecule has 2 aliphatic rings. The van der Waals surface area contributed by atoms with Crippen molar-refractivity contribution >= 4 is 28.3 Å². The fourth-order valence-corrected chi connectivity index (χ4v) is 4.59. The molecule has 1 aromatic carbocycles. The van der Waals surface area contributed by atoms with Crippen LogP contribution in [0, 0.1) is 0 Å². The van der Waals surface area contributed by atoms with E-state index in [2.05, 4.69) is 10.6 Å². The molecular formula is C16H24ClN3O4S. The molecule has 0 aromatic heterocycles. The first-order valence-corrected chi connectivity index (χ1v) is 9.71. The fraction of sp³-hybridized carbons (Fsp3) is 0.562. The summed E-state index contributed by atoms with van der Waals surface area (Å²) in [5, 5.41) is 15.7. The Morgan fingerprint density at radius 2 is 1.96 bits per heavy atom. The minimum atomic E-state index is -3.61. The lowest BCUT2D eigenvalue weighted by molar-refractivity contribution is 0.0930. The Morgan fingerprint density at radius 1 is 1.24 bits per heavy atom. The topological polar surface area (TPSA) is 98.7 Å². The average molecular weight is 390 g/mol. The van der Waals surface area contributed by atoms with E-state index in [1.807, 2.05) is 0 Å².